The summed E-state index contributed by atoms with van der Waals surface area (Å²) in [5.41, 5.74) is 5.67. The summed E-state index contributed by atoms with van der Waals surface area (Å²) in [4.78, 5) is 23.7. The third-order valence-electron chi connectivity index (χ3n) is 2.06. The van der Waals surface area contributed by atoms with Crippen LogP contribution in [0.1, 0.15) is 26.7 Å². The number of hydrogen-bond acceptors (Lipinski definition) is 2. The first-order valence-corrected chi connectivity index (χ1v) is 4.34. The van der Waals surface area contributed by atoms with Crippen molar-refractivity contribution < 1.29 is 9.59 Å². The lowest BCUT2D eigenvalue weighted by atomic mass is 10.1. The number of carbonyl (C=O) groups excluding carboxylic acids is 2. The van der Waals surface area contributed by atoms with Crippen molar-refractivity contribution in [2.75, 3.05) is 0 Å². The van der Waals surface area contributed by atoms with Gasteiger partial charge in [-0.3, -0.25) is 9.59 Å². The van der Waals surface area contributed by atoms with Crippen LogP contribution < -0.4 is 5.73 Å². The van der Waals surface area contributed by atoms with Crippen molar-refractivity contribution in [3.8, 4) is 0 Å². The van der Waals surface area contributed by atoms with E-state index in [4.69, 9.17) is 5.73 Å². The number of primary amides is 1. The van der Waals surface area contributed by atoms with E-state index in [2.05, 4.69) is 0 Å². The van der Waals surface area contributed by atoms with Crippen molar-refractivity contribution in [2.24, 2.45) is 5.73 Å². The predicted octanol–water partition coefficient (Wildman–Crippen LogP) is 0.386. The summed E-state index contributed by atoms with van der Waals surface area (Å²) >= 11 is 0. The van der Waals surface area contributed by atoms with Crippen molar-refractivity contribution in [2.45, 2.75) is 32.7 Å². The van der Waals surface area contributed by atoms with Crippen LogP contribution in [0.5, 0.6) is 0 Å². The molecule has 2 N–H and O–H groups in total. The molecular formula is C9H14N2O2. The quantitative estimate of drug-likeness (QED) is 0.671. The highest BCUT2D eigenvalue weighted by Crippen LogP contribution is 2.17. The first-order chi connectivity index (χ1) is 6.02. The fourth-order valence-electron chi connectivity index (χ4n) is 1.30. The molecule has 2 amide bonds. The van der Waals surface area contributed by atoms with Gasteiger partial charge in [0, 0.05) is 24.2 Å². The van der Waals surface area contributed by atoms with Crippen LogP contribution in [0, 0.1) is 0 Å². The normalized spacial score (nSPS) is 17.6. The van der Waals surface area contributed by atoms with E-state index in [9.17, 15) is 9.59 Å². The average molecular weight is 182 g/mol. The summed E-state index contributed by atoms with van der Waals surface area (Å²) in [6, 6.07) is 0.0853. The number of nitrogens with zero attached hydrogens (tertiary/aromatic N) is 1. The van der Waals surface area contributed by atoms with Crippen LogP contribution in [-0.4, -0.2) is 22.8 Å². The highest BCUT2D eigenvalue weighted by molar-refractivity contribution is 5.94. The number of hydrogen-bond donors (Lipinski definition) is 1. The lowest BCUT2D eigenvalue weighted by molar-refractivity contribution is -0.130. The Kier molecular flexibility index (Phi) is 2.70. The third-order valence-corrected chi connectivity index (χ3v) is 2.06. The first-order valence-electron chi connectivity index (χ1n) is 4.34. The van der Waals surface area contributed by atoms with Crippen LogP contribution in [0.4, 0.5) is 0 Å². The molecule has 4 heteroatoms. The van der Waals surface area contributed by atoms with E-state index in [0.29, 0.717) is 18.4 Å². The summed E-state index contributed by atoms with van der Waals surface area (Å²) in [7, 11) is 0. The average Bonchev–Trinajstić information content (AvgIpc) is 2.04. The molecule has 1 rings (SSSR count). The monoisotopic (exact) mass is 182 g/mol. The highest BCUT2D eigenvalue weighted by Gasteiger charge is 2.22. The number of carbonyl (C=O) groups is 2. The van der Waals surface area contributed by atoms with E-state index in [1.165, 1.54) is 0 Å². The summed E-state index contributed by atoms with van der Waals surface area (Å²) in [6.45, 7) is 3.80. The van der Waals surface area contributed by atoms with Gasteiger partial charge in [-0.1, -0.05) is 0 Å². The zero-order valence-electron chi connectivity index (χ0n) is 7.91. The molecule has 1 aliphatic rings. The van der Waals surface area contributed by atoms with Crippen LogP contribution in [0.15, 0.2) is 11.8 Å². The zero-order chi connectivity index (χ0) is 10.0. The number of rotatable bonds is 2. The molecule has 0 saturated carbocycles. The Morgan fingerprint density at radius 2 is 2.15 bits per heavy atom. The third kappa shape index (κ3) is 2.08. The van der Waals surface area contributed by atoms with Crippen molar-refractivity contribution in [1.29, 1.82) is 0 Å². The van der Waals surface area contributed by atoms with Crippen LogP contribution in [0.3, 0.4) is 0 Å². The lowest BCUT2D eigenvalue weighted by Gasteiger charge is -2.27. The van der Waals surface area contributed by atoms with Crippen molar-refractivity contribution in [1.82, 2.24) is 4.90 Å². The van der Waals surface area contributed by atoms with Crippen LogP contribution in [0.25, 0.3) is 0 Å². The Labute approximate surface area is 77.4 Å². The lowest BCUT2D eigenvalue weighted by Crippen LogP contribution is -2.36. The SMILES string of the molecule is CC(C)N1C=C(C(N)=O)CCC1=O. The molecule has 0 aromatic heterocycles. The Morgan fingerprint density at radius 3 is 2.62 bits per heavy atom. The molecular weight excluding hydrogens is 168 g/mol. The molecule has 0 bridgehead atoms. The molecule has 0 fully saturated rings. The Bertz CT molecular complexity index is 269. The molecule has 0 aromatic rings. The van der Waals surface area contributed by atoms with E-state index in [0.717, 1.165) is 0 Å². The summed E-state index contributed by atoms with van der Waals surface area (Å²) in [5, 5.41) is 0. The van der Waals surface area contributed by atoms with E-state index in [1.807, 2.05) is 13.8 Å². The Hall–Kier alpha value is -1.32. The number of amides is 2. The molecule has 0 saturated heterocycles. The van der Waals surface area contributed by atoms with Crippen LogP contribution in [-0.2, 0) is 9.59 Å². The van der Waals surface area contributed by atoms with E-state index < -0.39 is 5.91 Å². The van der Waals surface area contributed by atoms with Crippen LogP contribution in [0.2, 0.25) is 0 Å². The number of nitrogens with two attached hydrogens (primary N) is 1. The van der Waals surface area contributed by atoms with Crippen molar-refractivity contribution in [3.63, 3.8) is 0 Å². The van der Waals surface area contributed by atoms with E-state index >= 15 is 0 Å². The maximum atomic E-state index is 11.3. The Morgan fingerprint density at radius 1 is 1.54 bits per heavy atom. The van der Waals surface area contributed by atoms with Gasteiger partial charge in [0.05, 0.1) is 0 Å². The molecule has 0 radical (unpaired) electrons. The summed E-state index contributed by atoms with van der Waals surface area (Å²) in [5.74, 6) is -0.377. The summed E-state index contributed by atoms with van der Waals surface area (Å²) in [6.07, 6.45) is 2.42. The molecule has 72 valence electrons. The molecule has 4 nitrogen and oxygen atoms in total. The fourth-order valence-corrected chi connectivity index (χ4v) is 1.30. The Balaban J connectivity index is 2.87. The second kappa shape index (κ2) is 3.60. The van der Waals surface area contributed by atoms with Gasteiger partial charge in [-0.05, 0) is 20.3 Å². The smallest absolute Gasteiger partial charge is 0.246 e. The second-order valence-corrected chi connectivity index (χ2v) is 3.41. The fraction of sp³-hybridized carbons (Fsp3) is 0.556. The van der Waals surface area contributed by atoms with Gasteiger partial charge in [0.25, 0.3) is 0 Å². The first kappa shape index (κ1) is 9.77. The van der Waals surface area contributed by atoms with Gasteiger partial charge in [-0.2, -0.15) is 0 Å². The zero-order valence-corrected chi connectivity index (χ0v) is 7.91. The van der Waals surface area contributed by atoms with Gasteiger partial charge in [0.15, 0.2) is 0 Å². The van der Waals surface area contributed by atoms with Gasteiger partial charge in [0.2, 0.25) is 11.8 Å². The van der Waals surface area contributed by atoms with E-state index in [1.54, 1.807) is 11.1 Å². The molecule has 13 heavy (non-hydrogen) atoms. The minimum absolute atomic E-state index is 0.0556. The van der Waals surface area contributed by atoms with Crippen molar-refractivity contribution in [3.05, 3.63) is 11.8 Å². The van der Waals surface area contributed by atoms with Gasteiger partial charge >= 0.3 is 0 Å². The molecule has 1 heterocycles. The molecule has 0 unspecified atom stereocenters. The highest BCUT2D eigenvalue weighted by atomic mass is 16.2. The van der Waals surface area contributed by atoms with Crippen LogP contribution >= 0.6 is 0 Å². The maximum Gasteiger partial charge on any atom is 0.246 e. The maximum absolute atomic E-state index is 11.3. The van der Waals surface area contributed by atoms with Gasteiger partial charge in [0.1, 0.15) is 0 Å². The molecule has 1 aliphatic heterocycles. The summed E-state index contributed by atoms with van der Waals surface area (Å²) < 4.78 is 0. The van der Waals surface area contributed by atoms with E-state index in [-0.39, 0.29) is 11.9 Å². The molecule has 0 aromatic carbocycles. The van der Waals surface area contributed by atoms with Gasteiger partial charge in [-0.15, -0.1) is 0 Å². The van der Waals surface area contributed by atoms with Gasteiger partial charge in [-0.25, -0.2) is 0 Å². The minimum atomic E-state index is -0.432. The predicted molar refractivity (Wildman–Crippen MR) is 48.5 cm³/mol. The largest absolute Gasteiger partial charge is 0.366 e. The standard InChI is InChI=1S/C9H14N2O2/c1-6(2)11-5-7(9(10)13)3-4-8(11)12/h5-6H,3-4H2,1-2H3,(H2,10,13). The molecule has 0 aliphatic carbocycles. The molecule has 0 spiro atoms. The minimum Gasteiger partial charge on any atom is -0.366 e. The van der Waals surface area contributed by atoms with Gasteiger partial charge < -0.3 is 10.6 Å². The van der Waals surface area contributed by atoms with Crippen molar-refractivity contribution >= 4 is 11.8 Å². The topological polar surface area (TPSA) is 63.4 Å². The second-order valence-electron chi connectivity index (χ2n) is 3.41. The molecule has 0 atom stereocenters.